The number of carbonyl (C=O) groups is 1. The molecule has 3 nitrogen and oxygen atoms in total. The number of aromatic nitrogens is 1. The fourth-order valence-corrected chi connectivity index (χ4v) is 2.82. The largest absolute Gasteiger partial charge is 0.315 e. The van der Waals surface area contributed by atoms with Gasteiger partial charge >= 0.3 is 0 Å². The number of halogens is 1. The van der Waals surface area contributed by atoms with Gasteiger partial charge in [-0.1, -0.05) is 40.2 Å². The molecule has 1 aromatic heterocycles. The zero-order valence-corrected chi connectivity index (χ0v) is 14.7. The van der Waals surface area contributed by atoms with Crippen LogP contribution in [0.15, 0.2) is 59.2 Å². The Labute approximate surface area is 144 Å². The van der Waals surface area contributed by atoms with Crippen molar-refractivity contribution in [2.24, 2.45) is 0 Å². The molecule has 0 saturated carbocycles. The van der Waals surface area contributed by atoms with Crippen molar-refractivity contribution >= 4 is 38.4 Å². The molecule has 0 atom stereocenters. The Kier molecular flexibility index (Phi) is 4.44. The summed E-state index contributed by atoms with van der Waals surface area (Å²) in [6, 6.07) is 15.8. The van der Waals surface area contributed by atoms with E-state index in [0.717, 1.165) is 32.2 Å². The Morgan fingerprint density at radius 1 is 1.17 bits per heavy atom. The van der Waals surface area contributed by atoms with Crippen LogP contribution in [-0.2, 0) is 11.2 Å². The van der Waals surface area contributed by atoms with Crippen molar-refractivity contribution in [2.45, 2.75) is 13.3 Å². The summed E-state index contributed by atoms with van der Waals surface area (Å²) in [6.07, 6.45) is 2.10. The van der Waals surface area contributed by atoms with Crippen LogP contribution in [0.5, 0.6) is 0 Å². The number of hydrogen-bond donors (Lipinski definition) is 0. The quantitative estimate of drug-likeness (QED) is 0.681. The van der Waals surface area contributed by atoms with Gasteiger partial charge in [0.05, 0.1) is 11.9 Å². The summed E-state index contributed by atoms with van der Waals surface area (Å²) < 4.78 is 1.04. The molecule has 2 aromatic carbocycles. The SMILES string of the molecule is Cc1cc(N(C)C(=O)Cc2cccc3cccnc23)ccc1Br. The van der Waals surface area contributed by atoms with Crippen LogP contribution in [0.1, 0.15) is 11.1 Å². The van der Waals surface area contributed by atoms with Crippen LogP contribution in [-0.4, -0.2) is 17.9 Å². The molecule has 3 aromatic rings. The molecule has 0 radical (unpaired) electrons. The molecule has 1 amide bonds. The molecule has 0 N–H and O–H groups in total. The van der Waals surface area contributed by atoms with Crippen molar-refractivity contribution in [1.29, 1.82) is 0 Å². The normalized spacial score (nSPS) is 10.7. The lowest BCUT2D eigenvalue weighted by molar-refractivity contribution is -0.117. The third kappa shape index (κ3) is 3.27. The lowest BCUT2D eigenvalue weighted by Crippen LogP contribution is -2.28. The van der Waals surface area contributed by atoms with Crippen molar-refractivity contribution in [2.75, 3.05) is 11.9 Å². The molecule has 0 unspecified atom stereocenters. The summed E-state index contributed by atoms with van der Waals surface area (Å²) in [5.74, 6) is 0.0462. The van der Waals surface area contributed by atoms with Crippen LogP contribution in [0.2, 0.25) is 0 Å². The molecule has 0 fully saturated rings. The number of likely N-dealkylation sites (N-methyl/N-ethyl adjacent to an activating group) is 1. The molecular formula is C19H17BrN2O. The van der Waals surface area contributed by atoms with E-state index in [4.69, 9.17) is 0 Å². The summed E-state index contributed by atoms with van der Waals surface area (Å²) in [5, 5.41) is 1.06. The van der Waals surface area contributed by atoms with Gasteiger partial charge in [-0.15, -0.1) is 0 Å². The van der Waals surface area contributed by atoms with E-state index in [1.54, 1.807) is 11.1 Å². The summed E-state index contributed by atoms with van der Waals surface area (Å²) in [5.41, 5.74) is 3.84. The topological polar surface area (TPSA) is 33.2 Å². The fourth-order valence-electron chi connectivity index (χ4n) is 2.57. The van der Waals surface area contributed by atoms with E-state index < -0.39 is 0 Å². The van der Waals surface area contributed by atoms with Crippen molar-refractivity contribution in [3.05, 3.63) is 70.3 Å². The number of aryl methyl sites for hydroxylation is 1. The number of amides is 1. The second-order valence-electron chi connectivity index (χ2n) is 5.56. The average Bonchev–Trinajstić information content (AvgIpc) is 2.57. The fraction of sp³-hybridized carbons (Fsp3) is 0.158. The van der Waals surface area contributed by atoms with E-state index in [0.29, 0.717) is 6.42 Å². The summed E-state index contributed by atoms with van der Waals surface area (Å²) in [7, 11) is 1.81. The first-order valence-electron chi connectivity index (χ1n) is 7.41. The van der Waals surface area contributed by atoms with Crippen LogP contribution in [0.25, 0.3) is 10.9 Å². The predicted octanol–water partition coefficient (Wildman–Crippen LogP) is 4.51. The molecular weight excluding hydrogens is 352 g/mol. The Morgan fingerprint density at radius 2 is 1.96 bits per heavy atom. The first-order valence-corrected chi connectivity index (χ1v) is 8.21. The number of rotatable bonds is 3. The zero-order valence-electron chi connectivity index (χ0n) is 13.1. The number of nitrogens with zero attached hydrogens (tertiary/aromatic N) is 2. The van der Waals surface area contributed by atoms with Crippen LogP contribution in [0.4, 0.5) is 5.69 Å². The van der Waals surface area contributed by atoms with E-state index in [9.17, 15) is 4.79 Å². The second-order valence-corrected chi connectivity index (χ2v) is 6.41. The van der Waals surface area contributed by atoms with Gasteiger partial charge < -0.3 is 4.90 Å². The molecule has 0 spiro atoms. The maximum Gasteiger partial charge on any atom is 0.231 e. The average molecular weight is 369 g/mol. The predicted molar refractivity (Wildman–Crippen MR) is 97.7 cm³/mol. The number of carbonyl (C=O) groups excluding carboxylic acids is 1. The molecule has 0 bridgehead atoms. The first kappa shape index (κ1) is 15.7. The van der Waals surface area contributed by atoms with Gasteiger partial charge in [0, 0.05) is 28.8 Å². The molecule has 23 heavy (non-hydrogen) atoms. The van der Waals surface area contributed by atoms with Gasteiger partial charge in [-0.3, -0.25) is 9.78 Å². The highest BCUT2D eigenvalue weighted by atomic mass is 79.9. The maximum atomic E-state index is 12.6. The number of para-hydroxylation sites is 1. The minimum absolute atomic E-state index is 0.0462. The van der Waals surface area contributed by atoms with Gasteiger partial charge in [-0.05, 0) is 42.3 Å². The van der Waals surface area contributed by atoms with Gasteiger partial charge in [0.25, 0.3) is 0 Å². The number of pyridine rings is 1. The van der Waals surface area contributed by atoms with Crippen molar-refractivity contribution < 1.29 is 4.79 Å². The number of hydrogen-bond acceptors (Lipinski definition) is 2. The molecule has 116 valence electrons. The van der Waals surface area contributed by atoms with E-state index in [1.165, 1.54) is 0 Å². The molecule has 4 heteroatoms. The smallest absolute Gasteiger partial charge is 0.231 e. The molecule has 0 aliphatic heterocycles. The minimum atomic E-state index is 0.0462. The summed E-state index contributed by atoms with van der Waals surface area (Å²) in [6.45, 7) is 2.01. The maximum absolute atomic E-state index is 12.6. The van der Waals surface area contributed by atoms with Gasteiger partial charge in [-0.25, -0.2) is 0 Å². The van der Waals surface area contributed by atoms with Crippen LogP contribution >= 0.6 is 15.9 Å². The Balaban J connectivity index is 1.86. The Hall–Kier alpha value is -2.20. The first-order chi connectivity index (χ1) is 11.1. The van der Waals surface area contributed by atoms with Gasteiger partial charge in [0.15, 0.2) is 0 Å². The van der Waals surface area contributed by atoms with E-state index in [1.807, 2.05) is 62.5 Å². The number of fused-ring (bicyclic) bond motifs is 1. The monoisotopic (exact) mass is 368 g/mol. The van der Waals surface area contributed by atoms with Crippen molar-refractivity contribution in [3.63, 3.8) is 0 Å². The Morgan fingerprint density at radius 3 is 2.74 bits per heavy atom. The van der Waals surface area contributed by atoms with E-state index >= 15 is 0 Å². The van der Waals surface area contributed by atoms with Crippen molar-refractivity contribution in [1.82, 2.24) is 4.98 Å². The van der Waals surface area contributed by atoms with Gasteiger partial charge in [0.1, 0.15) is 0 Å². The van der Waals surface area contributed by atoms with E-state index in [2.05, 4.69) is 20.9 Å². The number of anilines is 1. The van der Waals surface area contributed by atoms with Crippen LogP contribution < -0.4 is 4.90 Å². The van der Waals surface area contributed by atoms with Crippen LogP contribution in [0, 0.1) is 6.92 Å². The lowest BCUT2D eigenvalue weighted by Gasteiger charge is -2.18. The highest BCUT2D eigenvalue weighted by Crippen LogP contribution is 2.23. The molecule has 0 saturated heterocycles. The third-order valence-corrected chi connectivity index (χ3v) is 4.85. The highest BCUT2D eigenvalue weighted by Gasteiger charge is 2.14. The Bertz CT molecular complexity index is 871. The number of benzene rings is 2. The molecule has 0 aliphatic rings. The van der Waals surface area contributed by atoms with Crippen molar-refractivity contribution in [3.8, 4) is 0 Å². The van der Waals surface area contributed by atoms with E-state index in [-0.39, 0.29) is 5.91 Å². The third-order valence-electron chi connectivity index (χ3n) is 3.96. The molecule has 1 heterocycles. The van der Waals surface area contributed by atoms with Gasteiger partial charge in [0.2, 0.25) is 5.91 Å². The highest BCUT2D eigenvalue weighted by molar-refractivity contribution is 9.10. The zero-order chi connectivity index (χ0) is 16.4. The summed E-state index contributed by atoms with van der Waals surface area (Å²) in [4.78, 5) is 18.7. The standard InChI is InChI=1S/C19H17BrN2O/c1-13-11-16(8-9-17(13)20)22(2)18(23)12-15-6-3-5-14-7-4-10-21-19(14)15/h3-11H,12H2,1-2H3. The second kappa shape index (κ2) is 6.50. The molecule has 3 rings (SSSR count). The van der Waals surface area contributed by atoms with Gasteiger partial charge in [-0.2, -0.15) is 0 Å². The lowest BCUT2D eigenvalue weighted by atomic mass is 10.1. The van der Waals surface area contributed by atoms with Crippen LogP contribution in [0.3, 0.4) is 0 Å². The minimum Gasteiger partial charge on any atom is -0.315 e. The molecule has 0 aliphatic carbocycles. The summed E-state index contributed by atoms with van der Waals surface area (Å²) >= 11 is 3.48.